The molecule has 1 heterocycles. The van der Waals surface area contributed by atoms with Gasteiger partial charge in [-0.3, -0.25) is 0 Å². The number of nitrogens with two attached hydrogens (primary N) is 1. The zero-order valence-corrected chi connectivity index (χ0v) is 8.54. The second-order valence-corrected chi connectivity index (χ2v) is 3.64. The van der Waals surface area contributed by atoms with E-state index >= 15 is 0 Å². The number of aromatic carboxylic acids is 1. The maximum Gasteiger partial charge on any atom is 0.339 e. The molecule has 4 nitrogen and oxygen atoms in total. The maximum atomic E-state index is 10.9. The first-order chi connectivity index (χ1) is 6.61. The summed E-state index contributed by atoms with van der Waals surface area (Å²) in [5.74, 6) is -1.04. The second kappa shape index (κ2) is 3.02. The molecule has 0 aliphatic rings. The van der Waals surface area contributed by atoms with Gasteiger partial charge in [-0.1, -0.05) is 0 Å². The molecule has 0 unspecified atom stereocenters. The first-order valence-corrected chi connectivity index (χ1v) is 4.59. The minimum atomic E-state index is -1.04. The molecule has 0 saturated heterocycles. The Bertz CT molecular complexity index is 518. The summed E-state index contributed by atoms with van der Waals surface area (Å²) < 4.78 is 5.62. The Morgan fingerprint density at radius 3 is 2.93 bits per heavy atom. The van der Waals surface area contributed by atoms with Gasteiger partial charge in [-0.2, -0.15) is 0 Å². The Hall–Kier alpha value is -1.49. The number of halogens is 1. The van der Waals surface area contributed by atoms with E-state index in [4.69, 9.17) is 15.3 Å². The lowest BCUT2D eigenvalue weighted by atomic mass is 10.1. The van der Waals surface area contributed by atoms with Crippen LogP contribution >= 0.6 is 15.9 Å². The Balaban J connectivity index is 2.91. The Labute approximate surface area is 87.4 Å². The van der Waals surface area contributed by atoms with Gasteiger partial charge in [0.1, 0.15) is 5.56 Å². The highest BCUT2D eigenvalue weighted by Crippen LogP contribution is 2.32. The smallest absolute Gasteiger partial charge is 0.339 e. The molecule has 2 rings (SSSR count). The van der Waals surface area contributed by atoms with E-state index in [2.05, 4.69) is 15.9 Å². The SMILES string of the molecule is Nc1c(Br)cc(C(=O)O)c2occc12. The Morgan fingerprint density at radius 2 is 2.29 bits per heavy atom. The highest BCUT2D eigenvalue weighted by Gasteiger charge is 2.15. The summed E-state index contributed by atoms with van der Waals surface area (Å²) in [5, 5.41) is 9.50. The van der Waals surface area contributed by atoms with Crippen molar-refractivity contribution in [2.45, 2.75) is 0 Å². The average Bonchev–Trinajstić information content (AvgIpc) is 2.59. The van der Waals surface area contributed by atoms with E-state index < -0.39 is 5.97 Å². The summed E-state index contributed by atoms with van der Waals surface area (Å²) in [6.45, 7) is 0. The quantitative estimate of drug-likeness (QED) is 0.768. The number of nitrogen functional groups attached to an aromatic ring is 1. The number of benzene rings is 1. The monoisotopic (exact) mass is 255 g/mol. The van der Waals surface area contributed by atoms with Crippen LogP contribution in [0.5, 0.6) is 0 Å². The van der Waals surface area contributed by atoms with Crippen molar-refractivity contribution in [3.05, 3.63) is 28.4 Å². The summed E-state index contributed by atoms with van der Waals surface area (Å²) in [5.41, 5.74) is 6.62. The van der Waals surface area contributed by atoms with Crippen LogP contribution in [0.1, 0.15) is 10.4 Å². The van der Waals surface area contributed by atoms with E-state index in [0.717, 1.165) is 0 Å². The fourth-order valence-electron chi connectivity index (χ4n) is 1.29. The van der Waals surface area contributed by atoms with Crippen molar-refractivity contribution in [3.63, 3.8) is 0 Å². The normalized spacial score (nSPS) is 10.6. The molecule has 0 amide bonds. The van der Waals surface area contributed by atoms with Crippen LogP contribution < -0.4 is 5.73 Å². The standard InChI is InChI=1S/C9H6BrNO3/c10-6-3-5(9(12)13)8-4(7(6)11)1-2-14-8/h1-3H,11H2,(H,12,13). The number of rotatable bonds is 1. The lowest BCUT2D eigenvalue weighted by molar-refractivity contribution is 0.0698. The van der Waals surface area contributed by atoms with Gasteiger partial charge in [-0.25, -0.2) is 4.79 Å². The van der Waals surface area contributed by atoms with Gasteiger partial charge in [0.15, 0.2) is 5.58 Å². The summed E-state index contributed by atoms with van der Waals surface area (Å²) in [7, 11) is 0. The molecule has 0 saturated carbocycles. The Morgan fingerprint density at radius 1 is 1.57 bits per heavy atom. The molecular formula is C9H6BrNO3. The molecule has 1 aromatic carbocycles. The number of anilines is 1. The van der Waals surface area contributed by atoms with Crippen molar-refractivity contribution in [1.29, 1.82) is 0 Å². The summed E-state index contributed by atoms with van der Waals surface area (Å²) in [6, 6.07) is 3.07. The van der Waals surface area contributed by atoms with Crippen molar-refractivity contribution in [2.75, 3.05) is 5.73 Å². The predicted octanol–water partition coefficient (Wildman–Crippen LogP) is 2.48. The predicted molar refractivity (Wildman–Crippen MR) is 55.3 cm³/mol. The number of fused-ring (bicyclic) bond motifs is 1. The average molecular weight is 256 g/mol. The molecule has 5 heteroatoms. The largest absolute Gasteiger partial charge is 0.478 e. The molecule has 72 valence electrons. The molecule has 2 aromatic rings. The molecule has 0 spiro atoms. The number of furan rings is 1. The van der Waals surface area contributed by atoms with Gasteiger partial charge in [-0.15, -0.1) is 0 Å². The van der Waals surface area contributed by atoms with Crippen molar-refractivity contribution in [1.82, 2.24) is 0 Å². The molecular weight excluding hydrogens is 250 g/mol. The van der Waals surface area contributed by atoms with Crippen LogP contribution in [0.4, 0.5) is 5.69 Å². The van der Waals surface area contributed by atoms with Gasteiger partial charge in [0.25, 0.3) is 0 Å². The van der Waals surface area contributed by atoms with Crippen molar-refractivity contribution >= 4 is 38.6 Å². The van der Waals surface area contributed by atoms with Crippen LogP contribution in [0.2, 0.25) is 0 Å². The van der Waals surface area contributed by atoms with E-state index in [-0.39, 0.29) is 5.56 Å². The zero-order valence-electron chi connectivity index (χ0n) is 6.95. The Kier molecular flexibility index (Phi) is 1.96. The maximum absolute atomic E-state index is 10.9. The molecule has 0 aliphatic carbocycles. The molecule has 1 aromatic heterocycles. The van der Waals surface area contributed by atoms with Crippen LogP contribution in [0.3, 0.4) is 0 Å². The molecule has 0 atom stereocenters. The highest BCUT2D eigenvalue weighted by molar-refractivity contribution is 9.10. The van der Waals surface area contributed by atoms with Crippen LogP contribution in [0, 0.1) is 0 Å². The number of carbonyl (C=O) groups is 1. The molecule has 0 fully saturated rings. The van der Waals surface area contributed by atoms with E-state index in [9.17, 15) is 4.79 Å². The number of hydrogen-bond acceptors (Lipinski definition) is 3. The lowest BCUT2D eigenvalue weighted by Gasteiger charge is -2.02. The van der Waals surface area contributed by atoms with Crippen molar-refractivity contribution in [2.24, 2.45) is 0 Å². The third-order valence-electron chi connectivity index (χ3n) is 1.96. The van der Waals surface area contributed by atoms with Gasteiger partial charge < -0.3 is 15.3 Å². The highest BCUT2D eigenvalue weighted by atomic mass is 79.9. The van der Waals surface area contributed by atoms with Gasteiger partial charge in [-0.05, 0) is 28.1 Å². The molecule has 0 aliphatic heterocycles. The first kappa shape index (κ1) is 9.08. The third-order valence-corrected chi connectivity index (χ3v) is 2.61. The fraction of sp³-hybridized carbons (Fsp3) is 0. The minimum absolute atomic E-state index is 0.103. The number of carboxylic acids is 1. The zero-order chi connectivity index (χ0) is 10.3. The van der Waals surface area contributed by atoms with Gasteiger partial charge in [0.05, 0.1) is 12.0 Å². The van der Waals surface area contributed by atoms with E-state index in [1.54, 1.807) is 6.07 Å². The van der Waals surface area contributed by atoms with E-state index in [1.165, 1.54) is 12.3 Å². The van der Waals surface area contributed by atoms with Crippen LogP contribution in [0.25, 0.3) is 11.0 Å². The van der Waals surface area contributed by atoms with Crippen LogP contribution in [0.15, 0.2) is 27.3 Å². The second-order valence-electron chi connectivity index (χ2n) is 2.79. The van der Waals surface area contributed by atoms with Gasteiger partial charge in [0, 0.05) is 9.86 Å². The molecule has 0 bridgehead atoms. The van der Waals surface area contributed by atoms with Crippen molar-refractivity contribution < 1.29 is 14.3 Å². The van der Waals surface area contributed by atoms with E-state index in [1.807, 2.05) is 0 Å². The molecule has 3 N–H and O–H groups in total. The van der Waals surface area contributed by atoms with Crippen molar-refractivity contribution in [3.8, 4) is 0 Å². The van der Waals surface area contributed by atoms with Crippen LogP contribution in [-0.2, 0) is 0 Å². The number of hydrogen-bond donors (Lipinski definition) is 2. The summed E-state index contributed by atoms with van der Waals surface area (Å²) >= 11 is 3.19. The summed E-state index contributed by atoms with van der Waals surface area (Å²) in [4.78, 5) is 10.9. The molecule has 14 heavy (non-hydrogen) atoms. The summed E-state index contributed by atoms with van der Waals surface area (Å²) in [6.07, 6.45) is 1.42. The lowest BCUT2D eigenvalue weighted by Crippen LogP contribution is -1.98. The number of carboxylic acid groups (broad SMARTS) is 1. The van der Waals surface area contributed by atoms with Gasteiger partial charge in [0.2, 0.25) is 0 Å². The topological polar surface area (TPSA) is 76.5 Å². The minimum Gasteiger partial charge on any atom is -0.478 e. The molecule has 0 radical (unpaired) electrons. The van der Waals surface area contributed by atoms with Crippen LogP contribution in [-0.4, -0.2) is 11.1 Å². The van der Waals surface area contributed by atoms with Gasteiger partial charge >= 0.3 is 5.97 Å². The third kappa shape index (κ3) is 1.17. The fourth-order valence-corrected chi connectivity index (χ4v) is 1.73. The van der Waals surface area contributed by atoms with E-state index in [0.29, 0.717) is 21.1 Å². The first-order valence-electron chi connectivity index (χ1n) is 3.79.